The zero-order valence-corrected chi connectivity index (χ0v) is 16.3. The predicted molar refractivity (Wildman–Crippen MR) is 108 cm³/mol. The standard InChI is InChI=1S/C19H18N2O4S2/c1-24-14-8-6-13(7-9-14)20-17(22)11-26-12-19(23)25-10-18-21-15-4-2-3-5-16(15)27-18/h2-9H,10-12H2,1H3,(H,20,22). The van der Waals surface area contributed by atoms with Crippen LogP contribution < -0.4 is 10.1 Å². The number of carbonyl (C=O) groups excluding carboxylic acids is 2. The molecule has 0 aliphatic heterocycles. The first-order valence-corrected chi connectivity index (χ1v) is 10.1. The van der Waals surface area contributed by atoms with E-state index in [0.29, 0.717) is 5.69 Å². The minimum Gasteiger partial charge on any atom is -0.497 e. The summed E-state index contributed by atoms with van der Waals surface area (Å²) in [6, 6.07) is 14.8. The number of thioether (sulfide) groups is 1. The molecule has 1 amide bonds. The van der Waals surface area contributed by atoms with Gasteiger partial charge >= 0.3 is 5.97 Å². The van der Waals surface area contributed by atoms with Gasteiger partial charge in [0.05, 0.1) is 28.8 Å². The summed E-state index contributed by atoms with van der Waals surface area (Å²) >= 11 is 2.71. The predicted octanol–water partition coefficient (Wildman–Crippen LogP) is 3.72. The molecule has 3 rings (SSSR count). The zero-order valence-electron chi connectivity index (χ0n) is 14.6. The molecule has 8 heteroatoms. The van der Waals surface area contributed by atoms with Gasteiger partial charge in [-0.05, 0) is 36.4 Å². The van der Waals surface area contributed by atoms with Gasteiger partial charge in [0.15, 0.2) is 0 Å². The van der Waals surface area contributed by atoms with Crippen molar-refractivity contribution in [3.63, 3.8) is 0 Å². The van der Waals surface area contributed by atoms with Crippen LogP contribution in [0.3, 0.4) is 0 Å². The lowest BCUT2D eigenvalue weighted by molar-refractivity contribution is -0.141. The Morgan fingerprint density at radius 3 is 2.63 bits per heavy atom. The molecule has 1 N–H and O–H groups in total. The fourth-order valence-electron chi connectivity index (χ4n) is 2.26. The minimum atomic E-state index is -0.364. The molecule has 27 heavy (non-hydrogen) atoms. The smallest absolute Gasteiger partial charge is 0.316 e. The fraction of sp³-hybridized carbons (Fsp3) is 0.211. The first kappa shape index (κ1) is 19.2. The molecule has 0 bridgehead atoms. The number of nitrogens with zero attached hydrogens (tertiary/aromatic N) is 1. The van der Waals surface area contributed by atoms with Crippen molar-refractivity contribution in [3.8, 4) is 5.75 Å². The fourth-order valence-corrected chi connectivity index (χ4v) is 3.75. The van der Waals surface area contributed by atoms with E-state index in [4.69, 9.17) is 9.47 Å². The van der Waals surface area contributed by atoms with E-state index >= 15 is 0 Å². The third kappa shape index (κ3) is 5.70. The van der Waals surface area contributed by atoms with Crippen LogP contribution in [0, 0.1) is 0 Å². The normalized spacial score (nSPS) is 10.6. The van der Waals surface area contributed by atoms with Crippen LogP contribution in [-0.4, -0.2) is 35.5 Å². The number of thiazole rings is 1. The van der Waals surface area contributed by atoms with E-state index in [9.17, 15) is 9.59 Å². The molecular formula is C19H18N2O4S2. The van der Waals surface area contributed by atoms with Gasteiger partial charge in [-0.1, -0.05) is 12.1 Å². The highest BCUT2D eigenvalue weighted by molar-refractivity contribution is 8.00. The highest BCUT2D eigenvalue weighted by Crippen LogP contribution is 2.22. The van der Waals surface area contributed by atoms with Crippen LogP contribution in [0.15, 0.2) is 48.5 Å². The zero-order chi connectivity index (χ0) is 19.1. The molecule has 3 aromatic rings. The number of nitrogens with one attached hydrogen (secondary N) is 1. The molecule has 0 aliphatic rings. The van der Waals surface area contributed by atoms with Gasteiger partial charge in [-0.15, -0.1) is 23.1 Å². The Labute approximate surface area is 164 Å². The highest BCUT2D eigenvalue weighted by atomic mass is 32.2. The number of carbonyl (C=O) groups is 2. The van der Waals surface area contributed by atoms with Gasteiger partial charge in [-0.2, -0.15) is 0 Å². The monoisotopic (exact) mass is 402 g/mol. The van der Waals surface area contributed by atoms with Gasteiger partial charge in [0, 0.05) is 5.69 Å². The molecule has 0 spiro atoms. The number of para-hydroxylation sites is 1. The highest BCUT2D eigenvalue weighted by Gasteiger charge is 2.09. The number of ether oxygens (including phenoxy) is 2. The first-order valence-electron chi connectivity index (χ1n) is 8.16. The van der Waals surface area contributed by atoms with Crippen molar-refractivity contribution in [1.82, 2.24) is 4.98 Å². The minimum absolute atomic E-state index is 0.112. The third-order valence-electron chi connectivity index (χ3n) is 3.52. The summed E-state index contributed by atoms with van der Waals surface area (Å²) in [5.41, 5.74) is 1.58. The van der Waals surface area contributed by atoms with Gasteiger partial charge in [-0.3, -0.25) is 9.59 Å². The largest absolute Gasteiger partial charge is 0.497 e. The molecule has 0 fully saturated rings. The molecule has 0 saturated carbocycles. The van der Waals surface area contributed by atoms with Crippen LogP contribution in [0.5, 0.6) is 5.75 Å². The van der Waals surface area contributed by atoms with Crippen molar-refractivity contribution in [1.29, 1.82) is 0 Å². The molecule has 0 saturated heterocycles. The molecule has 0 unspecified atom stereocenters. The molecule has 1 heterocycles. The molecular weight excluding hydrogens is 384 g/mol. The van der Waals surface area contributed by atoms with Crippen LogP contribution in [-0.2, 0) is 20.9 Å². The Bertz CT molecular complexity index is 892. The Kier molecular flexibility index (Phi) is 6.67. The number of esters is 1. The van der Waals surface area contributed by atoms with E-state index in [2.05, 4.69) is 10.3 Å². The van der Waals surface area contributed by atoms with Gasteiger partial charge < -0.3 is 14.8 Å². The second-order valence-corrected chi connectivity index (χ2v) is 7.61. The summed E-state index contributed by atoms with van der Waals surface area (Å²) in [7, 11) is 1.58. The number of fused-ring (bicyclic) bond motifs is 1. The number of aromatic nitrogens is 1. The lowest BCUT2D eigenvalue weighted by atomic mass is 10.3. The molecule has 0 radical (unpaired) electrons. The van der Waals surface area contributed by atoms with Crippen LogP contribution in [0.2, 0.25) is 0 Å². The Morgan fingerprint density at radius 1 is 1.11 bits per heavy atom. The second kappa shape index (κ2) is 9.38. The maximum Gasteiger partial charge on any atom is 0.316 e. The topological polar surface area (TPSA) is 77.5 Å². The maximum absolute atomic E-state index is 11.9. The van der Waals surface area contributed by atoms with Crippen LogP contribution in [0.25, 0.3) is 10.2 Å². The average molecular weight is 402 g/mol. The lowest BCUT2D eigenvalue weighted by Crippen LogP contribution is -2.16. The van der Waals surface area contributed by atoms with Crippen molar-refractivity contribution in [3.05, 3.63) is 53.5 Å². The lowest BCUT2D eigenvalue weighted by Gasteiger charge is -2.06. The van der Waals surface area contributed by atoms with Crippen molar-refractivity contribution in [2.45, 2.75) is 6.61 Å². The number of rotatable bonds is 8. The molecule has 0 atom stereocenters. The number of hydrogen-bond acceptors (Lipinski definition) is 7. The summed E-state index contributed by atoms with van der Waals surface area (Å²) in [5.74, 6) is 0.460. The van der Waals surface area contributed by atoms with Crippen molar-refractivity contribution >= 4 is 50.9 Å². The third-order valence-corrected chi connectivity index (χ3v) is 5.44. The molecule has 140 valence electrons. The SMILES string of the molecule is COc1ccc(NC(=O)CSCC(=O)OCc2nc3ccccc3s2)cc1. The van der Waals surface area contributed by atoms with E-state index in [-0.39, 0.29) is 30.0 Å². The quantitative estimate of drug-likeness (QED) is 0.579. The van der Waals surface area contributed by atoms with Gasteiger partial charge in [0.25, 0.3) is 0 Å². The van der Waals surface area contributed by atoms with Gasteiger partial charge in [0.1, 0.15) is 17.4 Å². The van der Waals surface area contributed by atoms with E-state index < -0.39 is 0 Å². The molecule has 2 aromatic carbocycles. The van der Waals surface area contributed by atoms with Crippen molar-refractivity contribution in [2.24, 2.45) is 0 Å². The molecule has 6 nitrogen and oxygen atoms in total. The Hall–Kier alpha value is -2.58. The molecule has 0 aliphatic carbocycles. The second-order valence-electron chi connectivity index (χ2n) is 5.51. The summed E-state index contributed by atoms with van der Waals surface area (Å²) in [4.78, 5) is 28.1. The van der Waals surface area contributed by atoms with Crippen molar-refractivity contribution in [2.75, 3.05) is 23.9 Å². The number of anilines is 1. The summed E-state index contributed by atoms with van der Waals surface area (Å²) in [6.07, 6.45) is 0. The van der Waals surface area contributed by atoms with Gasteiger partial charge in [-0.25, -0.2) is 4.98 Å². The van der Waals surface area contributed by atoms with E-state index in [1.165, 1.54) is 23.1 Å². The Balaban J connectivity index is 1.36. The average Bonchev–Trinajstić information content (AvgIpc) is 3.10. The number of methoxy groups -OCH3 is 1. The number of amides is 1. The summed E-state index contributed by atoms with van der Waals surface area (Å²) in [6.45, 7) is 0.150. The summed E-state index contributed by atoms with van der Waals surface area (Å²) in [5, 5.41) is 3.52. The van der Waals surface area contributed by atoms with Crippen LogP contribution in [0.4, 0.5) is 5.69 Å². The van der Waals surface area contributed by atoms with E-state index in [1.54, 1.807) is 31.4 Å². The van der Waals surface area contributed by atoms with Crippen LogP contribution >= 0.6 is 23.1 Å². The number of hydrogen-bond donors (Lipinski definition) is 1. The van der Waals surface area contributed by atoms with Gasteiger partial charge in [0.2, 0.25) is 5.91 Å². The first-order chi connectivity index (χ1) is 13.1. The number of benzene rings is 2. The van der Waals surface area contributed by atoms with Crippen LogP contribution in [0.1, 0.15) is 5.01 Å². The molecule has 1 aromatic heterocycles. The Morgan fingerprint density at radius 2 is 1.89 bits per heavy atom. The maximum atomic E-state index is 11.9. The summed E-state index contributed by atoms with van der Waals surface area (Å²) < 4.78 is 11.4. The van der Waals surface area contributed by atoms with E-state index in [1.807, 2.05) is 24.3 Å². The van der Waals surface area contributed by atoms with E-state index in [0.717, 1.165) is 21.0 Å². The van der Waals surface area contributed by atoms with Crippen molar-refractivity contribution < 1.29 is 19.1 Å².